The molecule has 1 heterocycles. The zero-order chi connectivity index (χ0) is 15.1. The van der Waals surface area contributed by atoms with Gasteiger partial charge in [0, 0.05) is 11.8 Å². The van der Waals surface area contributed by atoms with Crippen molar-refractivity contribution in [1.29, 1.82) is 0 Å². The number of aliphatic hydroxyl groups excluding tert-OH is 1. The molecule has 1 aromatic heterocycles. The zero-order valence-electron chi connectivity index (χ0n) is 12.5. The summed E-state index contributed by atoms with van der Waals surface area (Å²) in [4.78, 5) is 4.48. The van der Waals surface area contributed by atoms with E-state index in [1.165, 1.54) is 0 Å². The minimum Gasteiger partial charge on any atom is -0.490 e. The Bertz CT molecular complexity index is 584. The third kappa shape index (κ3) is 4.20. The summed E-state index contributed by atoms with van der Waals surface area (Å²) in [6.45, 7) is 4.58. The molecule has 4 nitrogen and oxygen atoms in total. The molecule has 0 aliphatic carbocycles. The highest BCUT2D eigenvalue weighted by molar-refractivity contribution is 5.42. The second-order valence-corrected chi connectivity index (χ2v) is 4.69. The number of para-hydroxylation sites is 2. The molecule has 21 heavy (non-hydrogen) atoms. The fourth-order valence-corrected chi connectivity index (χ4v) is 2.07. The van der Waals surface area contributed by atoms with Gasteiger partial charge in [-0.3, -0.25) is 0 Å². The van der Waals surface area contributed by atoms with Gasteiger partial charge >= 0.3 is 0 Å². The first-order valence-corrected chi connectivity index (χ1v) is 7.27. The van der Waals surface area contributed by atoms with Gasteiger partial charge in [-0.05, 0) is 37.1 Å². The summed E-state index contributed by atoms with van der Waals surface area (Å²) in [7, 11) is 0. The van der Waals surface area contributed by atoms with Gasteiger partial charge in [0.15, 0.2) is 11.5 Å². The average molecular weight is 287 g/mol. The Hall–Kier alpha value is -2.07. The number of aromatic nitrogens is 1. The molecule has 0 fully saturated rings. The van der Waals surface area contributed by atoms with Gasteiger partial charge in [-0.15, -0.1) is 0 Å². The number of ether oxygens (including phenoxy) is 2. The third-order valence-corrected chi connectivity index (χ3v) is 2.97. The Morgan fingerprint density at radius 3 is 2.52 bits per heavy atom. The lowest BCUT2D eigenvalue weighted by Crippen LogP contribution is -1.99. The third-order valence-electron chi connectivity index (χ3n) is 2.97. The first-order chi connectivity index (χ1) is 10.3. The van der Waals surface area contributed by atoms with Crippen LogP contribution < -0.4 is 9.47 Å². The summed E-state index contributed by atoms with van der Waals surface area (Å²) < 4.78 is 11.4. The molecule has 0 spiro atoms. The van der Waals surface area contributed by atoms with Crippen LogP contribution in [0.5, 0.6) is 17.4 Å². The highest BCUT2D eigenvalue weighted by Crippen LogP contribution is 2.31. The molecular formula is C17H21NO3. The van der Waals surface area contributed by atoms with Crippen molar-refractivity contribution in [3.05, 3.63) is 47.7 Å². The second kappa shape index (κ2) is 7.64. The van der Waals surface area contributed by atoms with Crippen LogP contribution in [0.3, 0.4) is 0 Å². The SMILES string of the molecule is CCCc1cc(CO)cc(Oc2ccccc2OCC)n1. The number of benzene rings is 1. The van der Waals surface area contributed by atoms with Gasteiger partial charge in [0.05, 0.1) is 13.2 Å². The molecule has 0 radical (unpaired) electrons. The topological polar surface area (TPSA) is 51.6 Å². The van der Waals surface area contributed by atoms with E-state index in [-0.39, 0.29) is 6.61 Å². The van der Waals surface area contributed by atoms with Crippen molar-refractivity contribution in [2.24, 2.45) is 0 Å². The van der Waals surface area contributed by atoms with Gasteiger partial charge in [-0.2, -0.15) is 0 Å². The lowest BCUT2D eigenvalue weighted by atomic mass is 10.2. The summed E-state index contributed by atoms with van der Waals surface area (Å²) in [5.41, 5.74) is 1.73. The van der Waals surface area contributed by atoms with Crippen molar-refractivity contribution in [2.75, 3.05) is 6.61 Å². The smallest absolute Gasteiger partial charge is 0.220 e. The van der Waals surface area contributed by atoms with Crippen molar-refractivity contribution in [3.8, 4) is 17.4 Å². The second-order valence-electron chi connectivity index (χ2n) is 4.69. The Labute approximate surface area is 125 Å². The van der Waals surface area contributed by atoms with Crippen LogP contribution in [0.1, 0.15) is 31.5 Å². The highest BCUT2D eigenvalue weighted by atomic mass is 16.5. The van der Waals surface area contributed by atoms with Crippen LogP contribution in [0.2, 0.25) is 0 Å². The van der Waals surface area contributed by atoms with Crippen molar-refractivity contribution in [2.45, 2.75) is 33.3 Å². The molecule has 0 aliphatic heterocycles. The van der Waals surface area contributed by atoms with Crippen LogP contribution >= 0.6 is 0 Å². The Morgan fingerprint density at radius 1 is 1.10 bits per heavy atom. The van der Waals surface area contributed by atoms with E-state index in [9.17, 15) is 5.11 Å². The van der Waals surface area contributed by atoms with E-state index in [0.29, 0.717) is 24.0 Å². The van der Waals surface area contributed by atoms with Crippen LogP contribution in [0.15, 0.2) is 36.4 Å². The van der Waals surface area contributed by atoms with Gasteiger partial charge < -0.3 is 14.6 Å². The van der Waals surface area contributed by atoms with Crippen molar-refractivity contribution in [1.82, 2.24) is 4.98 Å². The van der Waals surface area contributed by atoms with E-state index in [1.54, 1.807) is 6.07 Å². The molecule has 0 saturated carbocycles. The van der Waals surface area contributed by atoms with Gasteiger partial charge in [0.1, 0.15) is 0 Å². The maximum atomic E-state index is 9.35. The molecule has 0 atom stereocenters. The molecule has 0 aliphatic rings. The Balaban J connectivity index is 2.28. The van der Waals surface area contributed by atoms with Crippen LogP contribution in [0.4, 0.5) is 0 Å². The van der Waals surface area contributed by atoms with E-state index in [4.69, 9.17) is 9.47 Å². The maximum absolute atomic E-state index is 9.35. The molecule has 1 N–H and O–H groups in total. The lowest BCUT2D eigenvalue weighted by Gasteiger charge is -2.12. The fraction of sp³-hybridized carbons (Fsp3) is 0.353. The van der Waals surface area contributed by atoms with Gasteiger partial charge in [-0.1, -0.05) is 25.5 Å². The molecule has 0 unspecified atom stereocenters. The minimum atomic E-state index is -0.0251. The number of pyridine rings is 1. The van der Waals surface area contributed by atoms with Crippen LogP contribution in [-0.4, -0.2) is 16.7 Å². The number of aliphatic hydroxyl groups is 1. The lowest BCUT2D eigenvalue weighted by molar-refractivity contribution is 0.280. The predicted molar refractivity (Wildman–Crippen MR) is 81.8 cm³/mol. The number of hydrogen-bond acceptors (Lipinski definition) is 4. The molecule has 2 aromatic rings. The van der Waals surface area contributed by atoms with Gasteiger partial charge in [-0.25, -0.2) is 4.98 Å². The van der Waals surface area contributed by atoms with E-state index in [2.05, 4.69) is 11.9 Å². The Kier molecular flexibility index (Phi) is 5.58. The number of rotatable bonds is 7. The van der Waals surface area contributed by atoms with E-state index in [0.717, 1.165) is 24.1 Å². The number of aryl methyl sites for hydroxylation is 1. The zero-order valence-corrected chi connectivity index (χ0v) is 12.5. The quantitative estimate of drug-likeness (QED) is 0.843. The molecule has 0 amide bonds. The first-order valence-electron chi connectivity index (χ1n) is 7.27. The summed E-state index contributed by atoms with van der Waals surface area (Å²) in [5.74, 6) is 1.80. The maximum Gasteiger partial charge on any atom is 0.220 e. The first kappa shape index (κ1) is 15.3. The van der Waals surface area contributed by atoms with Crippen molar-refractivity contribution < 1.29 is 14.6 Å². The molecule has 0 saturated heterocycles. The molecule has 4 heteroatoms. The monoisotopic (exact) mass is 287 g/mol. The summed E-state index contributed by atoms with van der Waals surface area (Å²) >= 11 is 0. The molecule has 1 aromatic carbocycles. The molecular weight excluding hydrogens is 266 g/mol. The predicted octanol–water partition coefficient (Wildman–Crippen LogP) is 3.72. The van der Waals surface area contributed by atoms with Crippen molar-refractivity contribution >= 4 is 0 Å². The average Bonchev–Trinajstić information content (AvgIpc) is 2.49. The van der Waals surface area contributed by atoms with Crippen LogP contribution in [-0.2, 0) is 13.0 Å². The van der Waals surface area contributed by atoms with Crippen LogP contribution in [0, 0.1) is 0 Å². The highest BCUT2D eigenvalue weighted by Gasteiger charge is 2.08. The molecule has 2 rings (SSSR count). The van der Waals surface area contributed by atoms with Crippen LogP contribution in [0.25, 0.3) is 0 Å². The van der Waals surface area contributed by atoms with Crippen molar-refractivity contribution in [3.63, 3.8) is 0 Å². The minimum absolute atomic E-state index is 0.0251. The summed E-state index contributed by atoms with van der Waals surface area (Å²) in [6, 6.07) is 11.2. The van der Waals surface area contributed by atoms with E-state index in [1.807, 2.05) is 37.3 Å². The van der Waals surface area contributed by atoms with Gasteiger partial charge in [0.25, 0.3) is 0 Å². The standard InChI is InChI=1S/C17H21NO3/c1-3-7-14-10-13(12-19)11-17(18-14)21-16-9-6-5-8-15(16)20-4-2/h5-6,8-11,19H,3-4,7,12H2,1-2H3. The number of hydrogen-bond donors (Lipinski definition) is 1. The van der Waals surface area contributed by atoms with E-state index < -0.39 is 0 Å². The number of nitrogens with zero attached hydrogens (tertiary/aromatic N) is 1. The summed E-state index contributed by atoms with van der Waals surface area (Å²) in [5, 5.41) is 9.35. The van der Waals surface area contributed by atoms with E-state index >= 15 is 0 Å². The molecule has 112 valence electrons. The molecule has 0 bridgehead atoms. The van der Waals surface area contributed by atoms with Gasteiger partial charge in [0.2, 0.25) is 5.88 Å². The fourth-order valence-electron chi connectivity index (χ4n) is 2.07. The largest absolute Gasteiger partial charge is 0.490 e. The normalized spacial score (nSPS) is 10.4. The Morgan fingerprint density at radius 2 is 1.86 bits per heavy atom. The summed E-state index contributed by atoms with van der Waals surface area (Å²) in [6.07, 6.45) is 1.86.